The molecule has 0 unspecified atom stereocenters. The minimum absolute atomic E-state index is 0.108. The molecule has 0 saturated carbocycles. The van der Waals surface area contributed by atoms with E-state index in [9.17, 15) is 13.2 Å². The molecule has 3 rings (SSSR count). The first-order valence-corrected chi connectivity index (χ1v) is 10.6. The Hall–Kier alpha value is -1.82. The number of hydrogen-bond acceptors (Lipinski definition) is 4. The number of benzene rings is 1. The summed E-state index contributed by atoms with van der Waals surface area (Å²) in [6.07, 6.45) is 6.84. The first kappa shape index (κ1) is 18.0. The molecule has 1 aromatic rings. The molecule has 0 N–H and O–H groups in total. The van der Waals surface area contributed by atoms with Gasteiger partial charge in [0.05, 0.1) is 10.1 Å². The minimum Gasteiger partial charge on any atom is -0.373 e. The SMILES string of the molecule is CCC(=O)N1CCC(S(=O)(=O)c2ccc(CN3C=CCC3)cc2)CC1. The van der Waals surface area contributed by atoms with Crippen LogP contribution in [0, 0.1) is 0 Å². The van der Waals surface area contributed by atoms with Crippen molar-refractivity contribution in [2.45, 2.75) is 49.3 Å². The number of likely N-dealkylation sites (tertiary alicyclic amines) is 1. The second-order valence-corrected chi connectivity index (χ2v) is 8.99. The van der Waals surface area contributed by atoms with Gasteiger partial charge in [-0.15, -0.1) is 0 Å². The highest BCUT2D eigenvalue weighted by molar-refractivity contribution is 7.92. The van der Waals surface area contributed by atoms with E-state index in [4.69, 9.17) is 0 Å². The number of amides is 1. The Bertz CT molecular complexity index is 732. The van der Waals surface area contributed by atoms with E-state index in [0.717, 1.165) is 25.1 Å². The molecule has 1 saturated heterocycles. The highest BCUT2D eigenvalue weighted by Crippen LogP contribution is 2.25. The van der Waals surface area contributed by atoms with E-state index in [2.05, 4.69) is 17.2 Å². The predicted molar refractivity (Wildman–Crippen MR) is 97.7 cm³/mol. The number of piperidine rings is 1. The lowest BCUT2D eigenvalue weighted by Crippen LogP contribution is -2.42. The molecule has 2 aliphatic heterocycles. The lowest BCUT2D eigenvalue weighted by molar-refractivity contribution is -0.131. The van der Waals surface area contributed by atoms with Crippen molar-refractivity contribution in [1.82, 2.24) is 9.80 Å². The summed E-state index contributed by atoms with van der Waals surface area (Å²) in [5.74, 6) is 0.108. The number of carbonyl (C=O) groups excluding carboxylic acids is 1. The molecule has 2 aliphatic rings. The van der Waals surface area contributed by atoms with Crippen LogP contribution in [0.1, 0.15) is 38.2 Å². The molecule has 136 valence electrons. The van der Waals surface area contributed by atoms with Crippen LogP contribution in [0.4, 0.5) is 0 Å². The van der Waals surface area contributed by atoms with Gasteiger partial charge in [0.2, 0.25) is 5.91 Å². The highest BCUT2D eigenvalue weighted by Gasteiger charge is 2.32. The molecule has 1 aromatic carbocycles. The van der Waals surface area contributed by atoms with E-state index in [1.54, 1.807) is 17.0 Å². The van der Waals surface area contributed by atoms with E-state index in [1.807, 2.05) is 19.1 Å². The summed E-state index contributed by atoms with van der Waals surface area (Å²) in [5.41, 5.74) is 1.12. The number of rotatable bonds is 5. The fourth-order valence-corrected chi connectivity index (χ4v) is 5.25. The van der Waals surface area contributed by atoms with Crippen LogP contribution in [0.15, 0.2) is 41.4 Å². The van der Waals surface area contributed by atoms with Crippen molar-refractivity contribution in [3.63, 3.8) is 0 Å². The summed E-state index contributed by atoms with van der Waals surface area (Å²) in [6, 6.07) is 7.28. The molecule has 0 spiro atoms. The Morgan fingerprint density at radius 2 is 1.80 bits per heavy atom. The summed E-state index contributed by atoms with van der Waals surface area (Å²) < 4.78 is 25.7. The number of hydrogen-bond donors (Lipinski definition) is 0. The van der Waals surface area contributed by atoms with Crippen LogP contribution in [-0.2, 0) is 21.2 Å². The van der Waals surface area contributed by atoms with Crippen molar-refractivity contribution in [2.24, 2.45) is 0 Å². The molecule has 1 fully saturated rings. The van der Waals surface area contributed by atoms with Crippen LogP contribution in [0.3, 0.4) is 0 Å². The van der Waals surface area contributed by atoms with Crippen molar-refractivity contribution in [3.8, 4) is 0 Å². The van der Waals surface area contributed by atoms with Gasteiger partial charge in [-0.1, -0.05) is 25.1 Å². The first-order chi connectivity index (χ1) is 12.0. The Morgan fingerprint density at radius 3 is 2.36 bits per heavy atom. The van der Waals surface area contributed by atoms with Gasteiger partial charge in [0, 0.05) is 32.6 Å². The maximum atomic E-state index is 12.9. The Balaban J connectivity index is 1.64. The fraction of sp³-hybridized carbons (Fsp3) is 0.526. The van der Waals surface area contributed by atoms with E-state index in [-0.39, 0.29) is 11.2 Å². The second kappa shape index (κ2) is 7.60. The van der Waals surface area contributed by atoms with E-state index >= 15 is 0 Å². The quantitative estimate of drug-likeness (QED) is 0.808. The maximum Gasteiger partial charge on any atom is 0.222 e. The van der Waals surface area contributed by atoms with Gasteiger partial charge in [-0.05, 0) is 43.2 Å². The Labute approximate surface area is 150 Å². The van der Waals surface area contributed by atoms with Crippen LogP contribution in [-0.4, -0.2) is 49.0 Å². The van der Waals surface area contributed by atoms with Gasteiger partial charge in [0.1, 0.15) is 0 Å². The molecule has 0 atom stereocenters. The zero-order valence-corrected chi connectivity index (χ0v) is 15.5. The molecule has 5 nitrogen and oxygen atoms in total. The molecule has 25 heavy (non-hydrogen) atoms. The van der Waals surface area contributed by atoms with Crippen LogP contribution in [0.25, 0.3) is 0 Å². The summed E-state index contributed by atoms with van der Waals surface area (Å²) in [5, 5.41) is -0.388. The molecule has 1 amide bonds. The third-order valence-electron chi connectivity index (χ3n) is 5.07. The summed E-state index contributed by atoms with van der Waals surface area (Å²) in [4.78, 5) is 16.1. The zero-order valence-electron chi connectivity index (χ0n) is 14.7. The number of nitrogens with zero attached hydrogens (tertiary/aromatic N) is 2. The summed E-state index contributed by atoms with van der Waals surface area (Å²) >= 11 is 0. The van der Waals surface area contributed by atoms with E-state index in [0.29, 0.717) is 37.2 Å². The third kappa shape index (κ3) is 4.06. The van der Waals surface area contributed by atoms with E-state index in [1.165, 1.54) is 0 Å². The normalized spacial score (nSPS) is 18.8. The van der Waals surface area contributed by atoms with Crippen LogP contribution >= 0.6 is 0 Å². The molecule has 6 heteroatoms. The van der Waals surface area contributed by atoms with Crippen molar-refractivity contribution >= 4 is 15.7 Å². The fourth-order valence-electron chi connectivity index (χ4n) is 3.52. The van der Waals surface area contributed by atoms with E-state index < -0.39 is 9.84 Å². The average Bonchev–Trinajstić information content (AvgIpc) is 3.14. The maximum absolute atomic E-state index is 12.9. The van der Waals surface area contributed by atoms with Gasteiger partial charge >= 0.3 is 0 Å². The van der Waals surface area contributed by atoms with Gasteiger partial charge in [-0.25, -0.2) is 8.42 Å². The van der Waals surface area contributed by atoms with Gasteiger partial charge < -0.3 is 9.80 Å². The van der Waals surface area contributed by atoms with Crippen molar-refractivity contribution < 1.29 is 13.2 Å². The first-order valence-electron chi connectivity index (χ1n) is 9.02. The molecule has 2 heterocycles. The molecule has 0 aromatic heterocycles. The largest absolute Gasteiger partial charge is 0.373 e. The van der Waals surface area contributed by atoms with Crippen molar-refractivity contribution in [3.05, 3.63) is 42.1 Å². The standard InChI is InChI=1S/C19H26N2O3S/c1-2-19(22)21-13-9-18(10-14-21)25(23,24)17-7-5-16(6-8-17)15-20-11-3-4-12-20/h3,5-8,11,18H,2,4,9-10,12-15H2,1H3. The minimum atomic E-state index is -3.33. The van der Waals surface area contributed by atoms with Gasteiger partial charge in [-0.2, -0.15) is 0 Å². The lowest BCUT2D eigenvalue weighted by Gasteiger charge is -2.31. The third-order valence-corrected chi connectivity index (χ3v) is 7.35. The number of carbonyl (C=O) groups is 1. The monoisotopic (exact) mass is 362 g/mol. The Kier molecular flexibility index (Phi) is 5.47. The lowest BCUT2D eigenvalue weighted by atomic mass is 10.1. The summed E-state index contributed by atoms with van der Waals surface area (Å²) in [6.45, 7) is 4.75. The van der Waals surface area contributed by atoms with Crippen LogP contribution < -0.4 is 0 Å². The van der Waals surface area contributed by atoms with Gasteiger partial charge in [0.25, 0.3) is 0 Å². The molecule has 0 radical (unpaired) electrons. The second-order valence-electron chi connectivity index (χ2n) is 6.77. The predicted octanol–water partition coefficient (Wildman–Crippen LogP) is 2.58. The summed E-state index contributed by atoms with van der Waals surface area (Å²) in [7, 11) is -3.33. The average molecular weight is 362 g/mol. The molecule has 0 bridgehead atoms. The topological polar surface area (TPSA) is 57.7 Å². The van der Waals surface area contributed by atoms with Gasteiger partial charge in [0.15, 0.2) is 9.84 Å². The van der Waals surface area contributed by atoms with Crippen LogP contribution in [0.2, 0.25) is 0 Å². The highest BCUT2D eigenvalue weighted by atomic mass is 32.2. The Morgan fingerprint density at radius 1 is 1.12 bits per heavy atom. The van der Waals surface area contributed by atoms with Crippen LogP contribution in [0.5, 0.6) is 0 Å². The molecular weight excluding hydrogens is 336 g/mol. The zero-order chi connectivity index (χ0) is 17.9. The number of sulfone groups is 1. The smallest absolute Gasteiger partial charge is 0.222 e. The molecule has 0 aliphatic carbocycles. The molecular formula is C19H26N2O3S. The van der Waals surface area contributed by atoms with Gasteiger partial charge in [-0.3, -0.25) is 4.79 Å². The van der Waals surface area contributed by atoms with Crippen molar-refractivity contribution in [1.29, 1.82) is 0 Å². The van der Waals surface area contributed by atoms with Crippen molar-refractivity contribution in [2.75, 3.05) is 19.6 Å².